The van der Waals surface area contributed by atoms with Crippen LogP contribution in [-0.4, -0.2) is 16.7 Å². The quantitative estimate of drug-likeness (QED) is 0.557. The minimum Gasteiger partial charge on any atom is -0.504 e. The molecule has 1 aliphatic rings. The largest absolute Gasteiger partial charge is 0.504 e. The first-order valence-corrected chi connectivity index (χ1v) is 5.26. The van der Waals surface area contributed by atoms with Gasteiger partial charge in [-0.25, -0.2) is 0 Å². The molecule has 0 amide bonds. The van der Waals surface area contributed by atoms with Crippen molar-refractivity contribution in [1.82, 2.24) is 0 Å². The number of hydrogen-bond donors (Lipinski definition) is 1. The summed E-state index contributed by atoms with van der Waals surface area (Å²) >= 11 is 0. The Kier molecular flexibility index (Phi) is 4.28. The van der Waals surface area contributed by atoms with E-state index in [4.69, 9.17) is 0 Å². The summed E-state index contributed by atoms with van der Waals surface area (Å²) in [7, 11) is 0. The molecule has 0 atom stereocenters. The fraction of sp³-hybridized carbons (Fsp3) is 0.500. The number of ketones is 2. The summed E-state index contributed by atoms with van der Waals surface area (Å²) in [4.78, 5) is 22.8. The van der Waals surface area contributed by atoms with E-state index >= 15 is 0 Å². The Morgan fingerprint density at radius 3 is 2.87 bits per heavy atom. The lowest BCUT2D eigenvalue weighted by molar-refractivity contribution is -0.121. The summed E-state index contributed by atoms with van der Waals surface area (Å²) < 4.78 is 0. The SMILES string of the molecule is C=CCCCC(=O)C1=C(O)C(=O)CCC1. The smallest absolute Gasteiger partial charge is 0.197 e. The Morgan fingerprint density at radius 2 is 2.20 bits per heavy atom. The van der Waals surface area contributed by atoms with E-state index in [2.05, 4.69) is 6.58 Å². The van der Waals surface area contributed by atoms with Crippen LogP contribution < -0.4 is 0 Å². The molecule has 0 aliphatic heterocycles. The molecule has 3 nitrogen and oxygen atoms in total. The average molecular weight is 208 g/mol. The summed E-state index contributed by atoms with van der Waals surface area (Å²) in [5.41, 5.74) is 0.329. The summed E-state index contributed by atoms with van der Waals surface area (Å²) in [5.74, 6) is -0.694. The van der Waals surface area contributed by atoms with Crippen LogP contribution in [0.5, 0.6) is 0 Å². The van der Waals surface area contributed by atoms with Crippen LogP contribution in [-0.2, 0) is 9.59 Å². The van der Waals surface area contributed by atoms with Gasteiger partial charge in [-0.1, -0.05) is 6.08 Å². The molecule has 0 aromatic heterocycles. The lowest BCUT2D eigenvalue weighted by Crippen LogP contribution is -2.16. The molecule has 0 heterocycles. The van der Waals surface area contributed by atoms with E-state index in [1.807, 2.05) is 0 Å². The number of carbonyl (C=O) groups is 2. The Hall–Kier alpha value is -1.38. The van der Waals surface area contributed by atoms with Crippen molar-refractivity contribution in [3.05, 3.63) is 24.0 Å². The zero-order valence-corrected chi connectivity index (χ0v) is 8.79. The summed E-state index contributed by atoms with van der Waals surface area (Å²) in [5, 5.41) is 9.45. The first kappa shape index (κ1) is 11.7. The van der Waals surface area contributed by atoms with Gasteiger partial charge < -0.3 is 5.11 Å². The number of aliphatic hydroxyl groups is 1. The van der Waals surface area contributed by atoms with Crippen molar-refractivity contribution in [2.75, 3.05) is 0 Å². The van der Waals surface area contributed by atoms with E-state index in [0.717, 1.165) is 12.8 Å². The highest BCUT2D eigenvalue weighted by atomic mass is 16.3. The third-order valence-corrected chi connectivity index (χ3v) is 2.53. The van der Waals surface area contributed by atoms with Crippen molar-refractivity contribution in [2.45, 2.75) is 38.5 Å². The topological polar surface area (TPSA) is 54.4 Å². The molecular weight excluding hydrogens is 192 g/mol. The molecular formula is C12H16O3. The van der Waals surface area contributed by atoms with E-state index in [1.165, 1.54) is 0 Å². The van der Waals surface area contributed by atoms with Crippen LogP contribution in [0.25, 0.3) is 0 Å². The third kappa shape index (κ3) is 3.05. The van der Waals surface area contributed by atoms with Crippen molar-refractivity contribution in [3.63, 3.8) is 0 Å². The molecule has 1 aliphatic carbocycles. The highest BCUT2D eigenvalue weighted by Crippen LogP contribution is 2.22. The Balaban J connectivity index is 2.61. The van der Waals surface area contributed by atoms with Crippen molar-refractivity contribution in [3.8, 4) is 0 Å². The second kappa shape index (κ2) is 5.49. The second-order valence-corrected chi connectivity index (χ2v) is 3.71. The van der Waals surface area contributed by atoms with Crippen molar-refractivity contribution >= 4 is 11.6 Å². The molecule has 15 heavy (non-hydrogen) atoms. The van der Waals surface area contributed by atoms with E-state index in [-0.39, 0.29) is 17.3 Å². The molecule has 0 aromatic rings. The standard InChI is InChI=1S/C12H16O3/c1-2-3-4-7-10(13)9-6-5-8-11(14)12(9)15/h2,15H,1,3-8H2. The number of carbonyl (C=O) groups excluding carboxylic acids is 2. The van der Waals surface area contributed by atoms with Crippen molar-refractivity contribution in [2.24, 2.45) is 0 Å². The Bertz CT molecular complexity index is 313. The van der Waals surface area contributed by atoms with E-state index in [1.54, 1.807) is 6.08 Å². The fourth-order valence-electron chi connectivity index (χ4n) is 1.66. The van der Waals surface area contributed by atoms with E-state index in [0.29, 0.717) is 31.3 Å². The van der Waals surface area contributed by atoms with Crippen LogP contribution in [0.3, 0.4) is 0 Å². The van der Waals surface area contributed by atoms with Gasteiger partial charge in [-0.3, -0.25) is 9.59 Å². The van der Waals surface area contributed by atoms with Crippen LogP contribution in [0, 0.1) is 0 Å². The monoisotopic (exact) mass is 208 g/mol. The van der Waals surface area contributed by atoms with Crippen LogP contribution in [0.15, 0.2) is 24.0 Å². The van der Waals surface area contributed by atoms with Crippen LogP contribution in [0.2, 0.25) is 0 Å². The van der Waals surface area contributed by atoms with Gasteiger partial charge in [-0.2, -0.15) is 0 Å². The zero-order valence-electron chi connectivity index (χ0n) is 8.79. The average Bonchev–Trinajstić information content (AvgIpc) is 2.22. The van der Waals surface area contributed by atoms with Gasteiger partial charge in [0.2, 0.25) is 0 Å². The molecule has 0 bridgehead atoms. The molecule has 0 spiro atoms. The van der Waals surface area contributed by atoms with Gasteiger partial charge in [0.25, 0.3) is 0 Å². The molecule has 82 valence electrons. The first-order valence-electron chi connectivity index (χ1n) is 5.26. The maximum absolute atomic E-state index is 11.6. The molecule has 1 rings (SSSR count). The van der Waals surface area contributed by atoms with Crippen LogP contribution >= 0.6 is 0 Å². The van der Waals surface area contributed by atoms with Crippen LogP contribution in [0.1, 0.15) is 38.5 Å². The van der Waals surface area contributed by atoms with E-state index < -0.39 is 0 Å². The fourth-order valence-corrected chi connectivity index (χ4v) is 1.66. The molecule has 0 fully saturated rings. The zero-order chi connectivity index (χ0) is 11.3. The van der Waals surface area contributed by atoms with Gasteiger partial charge in [0.05, 0.1) is 0 Å². The van der Waals surface area contributed by atoms with Crippen molar-refractivity contribution < 1.29 is 14.7 Å². The highest BCUT2D eigenvalue weighted by Gasteiger charge is 2.23. The molecule has 0 saturated carbocycles. The molecule has 1 N–H and O–H groups in total. The predicted octanol–water partition coefficient (Wildman–Crippen LogP) is 2.48. The number of aliphatic hydroxyl groups excluding tert-OH is 1. The summed E-state index contributed by atoms with van der Waals surface area (Å²) in [6, 6.07) is 0. The number of unbranched alkanes of at least 4 members (excludes halogenated alkanes) is 1. The van der Waals surface area contributed by atoms with E-state index in [9.17, 15) is 14.7 Å². The summed E-state index contributed by atoms with van der Waals surface area (Å²) in [6.07, 6.45) is 5.22. The Labute approximate surface area is 89.5 Å². The number of Topliss-reactive ketones (excluding diaryl/α,β-unsaturated/α-hetero) is 2. The maximum Gasteiger partial charge on any atom is 0.197 e. The van der Waals surface area contributed by atoms with Gasteiger partial charge in [0.15, 0.2) is 17.3 Å². The first-order chi connectivity index (χ1) is 7.16. The third-order valence-electron chi connectivity index (χ3n) is 2.53. The summed E-state index contributed by atoms with van der Waals surface area (Å²) in [6.45, 7) is 3.57. The maximum atomic E-state index is 11.6. The minimum atomic E-state index is -0.301. The predicted molar refractivity (Wildman–Crippen MR) is 57.6 cm³/mol. The minimum absolute atomic E-state index is 0.0950. The molecule has 0 radical (unpaired) electrons. The van der Waals surface area contributed by atoms with Gasteiger partial charge in [0.1, 0.15) is 0 Å². The van der Waals surface area contributed by atoms with Gasteiger partial charge in [-0.15, -0.1) is 6.58 Å². The van der Waals surface area contributed by atoms with Gasteiger partial charge in [-0.05, 0) is 25.7 Å². The molecule has 0 saturated heterocycles. The Morgan fingerprint density at radius 1 is 1.47 bits per heavy atom. The highest BCUT2D eigenvalue weighted by molar-refractivity contribution is 6.05. The normalized spacial score (nSPS) is 16.7. The number of hydrogen-bond acceptors (Lipinski definition) is 3. The lowest BCUT2D eigenvalue weighted by atomic mass is 9.92. The molecule has 0 unspecified atom stereocenters. The molecule has 3 heteroatoms. The molecule has 0 aromatic carbocycles. The number of allylic oxidation sites excluding steroid dienone is 3. The van der Waals surface area contributed by atoms with Crippen molar-refractivity contribution in [1.29, 1.82) is 0 Å². The van der Waals surface area contributed by atoms with Gasteiger partial charge >= 0.3 is 0 Å². The second-order valence-electron chi connectivity index (χ2n) is 3.71. The lowest BCUT2D eigenvalue weighted by Gasteiger charge is -2.13. The van der Waals surface area contributed by atoms with Crippen LogP contribution in [0.4, 0.5) is 0 Å². The van der Waals surface area contributed by atoms with Gasteiger partial charge in [0, 0.05) is 18.4 Å². The number of rotatable bonds is 5.